The van der Waals surface area contributed by atoms with Crippen LogP contribution in [0.2, 0.25) is 0 Å². The van der Waals surface area contributed by atoms with Crippen LogP contribution in [0.15, 0.2) is 46.1 Å². The first-order chi connectivity index (χ1) is 15.9. The Morgan fingerprint density at radius 3 is 2.76 bits per heavy atom. The minimum atomic E-state index is -0.212. The van der Waals surface area contributed by atoms with E-state index in [1.54, 1.807) is 11.8 Å². The maximum atomic E-state index is 13.0. The largest absolute Gasteiger partial charge is 0.321 e. The molecule has 1 aliphatic rings. The van der Waals surface area contributed by atoms with Crippen LogP contribution in [-0.4, -0.2) is 15.9 Å². The number of hydrogen-bond donors (Lipinski definition) is 2. The molecule has 2 heterocycles. The Kier molecular flexibility index (Phi) is 5.85. The Bertz CT molecular complexity index is 1450. The van der Waals surface area contributed by atoms with Crippen molar-refractivity contribution in [3.05, 3.63) is 85.3 Å². The van der Waals surface area contributed by atoms with E-state index in [4.69, 9.17) is 0 Å². The topological polar surface area (TPSA) is 74.8 Å². The molecule has 7 heteroatoms. The minimum absolute atomic E-state index is 0.191. The van der Waals surface area contributed by atoms with E-state index in [9.17, 15) is 9.59 Å². The molecule has 5 nitrogen and oxygen atoms in total. The van der Waals surface area contributed by atoms with Crippen molar-refractivity contribution >= 4 is 44.9 Å². The molecule has 168 valence electrons. The molecule has 0 bridgehead atoms. The van der Waals surface area contributed by atoms with Gasteiger partial charge in [0.1, 0.15) is 10.7 Å². The highest BCUT2D eigenvalue weighted by Gasteiger charge is 2.20. The Morgan fingerprint density at radius 2 is 1.94 bits per heavy atom. The third kappa shape index (κ3) is 4.35. The third-order valence-corrected chi connectivity index (χ3v) is 8.32. The van der Waals surface area contributed by atoms with Crippen LogP contribution in [0.3, 0.4) is 0 Å². The van der Waals surface area contributed by atoms with E-state index >= 15 is 0 Å². The molecule has 5 rings (SSSR count). The molecule has 0 aliphatic heterocycles. The fourth-order valence-corrected chi connectivity index (χ4v) is 6.32. The lowest BCUT2D eigenvalue weighted by Crippen LogP contribution is -2.13. The average molecular weight is 476 g/mol. The summed E-state index contributed by atoms with van der Waals surface area (Å²) in [7, 11) is 0. The van der Waals surface area contributed by atoms with Crippen molar-refractivity contribution in [2.75, 3.05) is 5.32 Å². The lowest BCUT2D eigenvalue weighted by atomic mass is 10.1. The van der Waals surface area contributed by atoms with Gasteiger partial charge >= 0.3 is 0 Å². The number of aromatic amines is 1. The summed E-state index contributed by atoms with van der Waals surface area (Å²) in [6.45, 7) is 5.80. The molecule has 2 N–H and O–H groups in total. The molecule has 33 heavy (non-hydrogen) atoms. The number of aromatic nitrogens is 2. The number of nitrogens with one attached hydrogen (secondary N) is 2. The van der Waals surface area contributed by atoms with Crippen molar-refractivity contribution < 1.29 is 4.79 Å². The van der Waals surface area contributed by atoms with E-state index in [-0.39, 0.29) is 11.5 Å². The van der Waals surface area contributed by atoms with Gasteiger partial charge in [-0.15, -0.1) is 23.1 Å². The number of carbonyl (C=O) groups is 1. The smallest absolute Gasteiger partial charge is 0.266 e. The maximum absolute atomic E-state index is 13.0. The third-order valence-electron chi connectivity index (χ3n) is 6.13. The van der Waals surface area contributed by atoms with Crippen LogP contribution in [0.5, 0.6) is 0 Å². The quantitative estimate of drug-likeness (QED) is 0.350. The van der Waals surface area contributed by atoms with E-state index in [1.165, 1.54) is 40.2 Å². The Morgan fingerprint density at radius 1 is 1.12 bits per heavy atom. The van der Waals surface area contributed by atoms with E-state index in [1.807, 2.05) is 39.0 Å². The van der Waals surface area contributed by atoms with Gasteiger partial charge in [0.2, 0.25) is 0 Å². The number of fused-ring (bicyclic) bond motifs is 2. The van der Waals surface area contributed by atoms with Gasteiger partial charge in [0.05, 0.1) is 16.0 Å². The minimum Gasteiger partial charge on any atom is -0.321 e. The average Bonchev–Trinajstić information content (AvgIpc) is 3.38. The number of thioether (sulfide) groups is 1. The van der Waals surface area contributed by atoms with Crippen molar-refractivity contribution in [1.29, 1.82) is 0 Å². The van der Waals surface area contributed by atoms with E-state index in [0.29, 0.717) is 32.2 Å². The number of carbonyl (C=O) groups excluding carboxylic acids is 1. The van der Waals surface area contributed by atoms with Crippen LogP contribution < -0.4 is 10.9 Å². The highest BCUT2D eigenvalue weighted by Crippen LogP contribution is 2.31. The fraction of sp³-hybridized carbons (Fsp3) is 0.269. The number of nitrogens with zero attached hydrogens (tertiary/aromatic N) is 1. The molecule has 2 aromatic carbocycles. The van der Waals surface area contributed by atoms with Crippen LogP contribution >= 0.6 is 23.1 Å². The van der Waals surface area contributed by atoms with Crippen molar-refractivity contribution in [2.24, 2.45) is 0 Å². The summed E-state index contributed by atoms with van der Waals surface area (Å²) in [6, 6.07) is 12.5. The molecular formula is C26H25N3O2S2. The first-order valence-electron chi connectivity index (χ1n) is 11.0. The van der Waals surface area contributed by atoms with Gasteiger partial charge in [-0.2, -0.15) is 0 Å². The van der Waals surface area contributed by atoms with Gasteiger partial charge in [-0.25, -0.2) is 4.98 Å². The maximum Gasteiger partial charge on any atom is 0.266 e. The summed E-state index contributed by atoms with van der Waals surface area (Å²) < 4.78 is 0. The highest BCUT2D eigenvalue weighted by molar-refractivity contribution is 7.98. The van der Waals surface area contributed by atoms with E-state index < -0.39 is 0 Å². The predicted octanol–water partition coefficient (Wildman–Crippen LogP) is 5.94. The summed E-state index contributed by atoms with van der Waals surface area (Å²) in [5, 5.41) is 3.48. The van der Waals surface area contributed by atoms with Gasteiger partial charge in [-0.1, -0.05) is 23.8 Å². The molecule has 1 aliphatic carbocycles. The Hall–Kier alpha value is -2.90. The number of aryl methyl sites for hydroxylation is 5. The number of anilines is 1. The zero-order valence-corrected chi connectivity index (χ0v) is 20.5. The van der Waals surface area contributed by atoms with Gasteiger partial charge < -0.3 is 10.3 Å². The zero-order valence-electron chi connectivity index (χ0n) is 18.9. The molecule has 2 aromatic heterocycles. The summed E-state index contributed by atoms with van der Waals surface area (Å²) >= 11 is 2.95. The summed E-state index contributed by atoms with van der Waals surface area (Å²) in [5.74, 6) is 0.988. The number of amides is 1. The molecule has 0 saturated heterocycles. The first-order valence-corrected chi connectivity index (χ1v) is 12.8. The predicted molar refractivity (Wildman–Crippen MR) is 137 cm³/mol. The fourth-order valence-electron chi connectivity index (χ4n) is 4.40. The summed E-state index contributed by atoms with van der Waals surface area (Å²) in [4.78, 5) is 35.8. The molecular weight excluding hydrogens is 450 g/mol. The van der Waals surface area contributed by atoms with Crippen LogP contribution in [0.1, 0.15) is 49.7 Å². The second kappa shape index (κ2) is 8.80. The molecule has 0 fully saturated rings. The van der Waals surface area contributed by atoms with Gasteiger partial charge in [0.15, 0.2) is 0 Å². The van der Waals surface area contributed by atoms with Gasteiger partial charge in [-0.3, -0.25) is 9.59 Å². The Labute approximate surface area is 200 Å². The molecule has 1 amide bonds. The number of hydrogen-bond acceptors (Lipinski definition) is 5. The van der Waals surface area contributed by atoms with Crippen molar-refractivity contribution in [2.45, 2.75) is 50.7 Å². The monoisotopic (exact) mass is 475 g/mol. The van der Waals surface area contributed by atoms with Crippen molar-refractivity contribution in [3.8, 4) is 0 Å². The SMILES string of the molecule is Cc1ccc(NC(=O)c2sc3nc(CSc4ccc5c(c4)CCC5)[nH]c(=O)c3c2C)c(C)c1. The number of rotatable bonds is 5. The first kappa shape index (κ1) is 21.9. The highest BCUT2D eigenvalue weighted by atomic mass is 32.2. The molecule has 0 spiro atoms. The number of thiophene rings is 1. The second-order valence-corrected chi connectivity index (χ2v) is 10.6. The van der Waals surface area contributed by atoms with Crippen LogP contribution in [0.4, 0.5) is 5.69 Å². The molecule has 0 radical (unpaired) electrons. The van der Waals surface area contributed by atoms with Gasteiger partial charge in [-0.05, 0) is 80.5 Å². The molecule has 0 saturated carbocycles. The number of H-pyrrole nitrogens is 1. The van der Waals surface area contributed by atoms with Crippen molar-refractivity contribution in [1.82, 2.24) is 9.97 Å². The zero-order chi connectivity index (χ0) is 23.1. The lowest BCUT2D eigenvalue weighted by Gasteiger charge is -2.08. The van der Waals surface area contributed by atoms with E-state index in [0.717, 1.165) is 23.2 Å². The van der Waals surface area contributed by atoms with Crippen LogP contribution in [0, 0.1) is 20.8 Å². The number of benzene rings is 2. The van der Waals surface area contributed by atoms with Gasteiger partial charge in [0.25, 0.3) is 11.5 Å². The molecule has 4 aromatic rings. The second-order valence-electron chi connectivity index (χ2n) is 8.59. The van der Waals surface area contributed by atoms with Gasteiger partial charge in [0, 0.05) is 10.6 Å². The van der Waals surface area contributed by atoms with Crippen molar-refractivity contribution in [3.63, 3.8) is 0 Å². The summed E-state index contributed by atoms with van der Waals surface area (Å²) in [6.07, 6.45) is 3.54. The van der Waals surface area contributed by atoms with E-state index in [2.05, 4.69) is 33.5 Å². The molecule has 0 atom stereocenters. The standard InChI is InChI=1S/C26H25N3O2S2/c1-14-7-10-20(15(2)11-14)27-25(31)23-16(3)22-24(30)28-21(29-26(22)33-23)13-32-19-9-8-17-5-4-6-18(17)12-19/h7-12H,4-6,13H2,1-3H3,(H,27,31)(H,28,29,30). The lowest BCUT2D eigenvalue weighted by molar-refractivity contribution is 0.103. The Balaban J connectivity index is 1.38. The van der Waals surface area contributed by atoms with Crippen LogP contribution in [-0.2, 0) is 18.6 Å². The summed E-state index contributed by atoms with van der Waals surface area (Å²) in [5.41, 5.74) is 6.29. The molecule has 0 unspecified atom stereocenters. The van der Waals surface area contributed by atoms with Crippen LogP contribution in [0.25, 0.3) is 10.2 Å². The normalized spacial score (nSPS) is 12.8.